The fourth-order valence-corrected chi connectivity index (χ4v) is 9.09. The van der Waals surface area contributed by atoms with Crippen molar-refractivity contribution < 1.29 is 56.7 Å². The van der Waals surface area contributed by atoms with E-state index in [1.165, 1.54) is 9.13 Å². The lowest BCUT2D eigenvalue weighted by atomic mass is 10.1. The van der Waals surface area contributed by atoms with Crippen LogP contribution in [-0.2, 0) is 36.7 Å². The molecule has 26 heteroatoms. The normalized spacial score (nSPS) is 31.8. The number of phosphoric acid groups is 2. The van der Waals surface area contributed by atoms with Crippen molar-refractivity contribution in [3.05, 3.63) is 81.4 Å². The van der Waals surface area contributed by atoms with Crippen LogP contribution in [0.5, 0.6) is 0 Å². The van der Waals surface area contributed by atoms with E-state index in [4.69, 9.17) is 39.0 Å². The van der Waals surface area contributed by atoms with Gasteiger partial charge in [0.25, 0.3) is 11.1 Å². The fraction of sp³-hybridized carbons (Fsp3) is 0.312. The number of nitrogens with one attached hydrogen (secondary N) is 2. The second-order valence-corrected chi connectivity index (χ2v) is 16.2. The molecule has 0 radical (unpaired) electrons. The summed E-state index contributed by atoms with van der Waals surface area (Å²) in [4.78, 5) is 69.7. The lowest BCUT2D eigenvalue weighted by Crippen LogP contribution is -2.39. The minimum atomic E-state index is -5.23. The van der Waals surface area contributed by atoms with Crippen LogP contribution in [-0.4, -0.2) is 109 Å². The van der Waals surface area contributed by atoms with Crippen molar-refractivity contribution in [2.45, 2.75) is 49.1 Å². The zero-order valence-corrected chi connectivity index (χ0v) is 31.2. The number of H-pyrrole nitrogens is 2. The minimum absolute atomic E-state index is 0.0678. The van der Waals surface area contributed by atoms with E-state index in [0.717, 1.165) is 0 Å². The molecule has 3 aliphatic heterocycles. The summed E-state index contributed by atoms with van der Waals surface area (Å²) in [6.45, 7) is -1.83. The average molecular weight is 843 g/mol. The largest absolute Gasteiger partial charge is 0.472 e. The molecule has 10 atom stereocenters. The Morgan fingerprint density at radius 3 is 1.40 bits per heavy atom. The predicted octanol–water partition coefficient (Wildman–Crippen LogP) is 0.286. The van der Waals surface area contributed by atoms with Crippen molar-refractivity contribution in [3.63, 3.8) is 0 Å². The van der Waals surface area contributed by atoms with E-state index in [9.17, 15) is 38.7 Å². The van der Waals surface area contributed by atoms with E-state index in [0.29, 0.717) is 11.1 Å². The van der Waals surface area contributed by atoms with Gasteiger partial charge in [-0.05, 0) is 0 Å². The Hall–Kier alpha value is -5.20. The van der Waals surface area contributed by atoms with Crippen molar-refractivity contribution in [1.29, 1.82) is 0 Å². The Balaban J connectivity index is 1.06. The van der Waals surface area contributed by atoms with Crippen LogP contribution >= 0.6 is 15.6 Å². The maximum Gasteiger partial charge on any atom is 0.472 e. The van der Waals surface area contributed by atoms with Crippen LogP contribution in [0.1, 0.15) is 12.5 Å². The number of anilines is 2. The highest BCUT2D eigenvalue weighted by molar-refractivity contribution is 7.47. The third kappa shape index (κ3) is 6.73. The van der Waals surface area contributed by atoms with Crippen molar-refractivity contribution >= 4 is 49.9 Å². The zero-order valence-electron chi connectivity index (χ0n) is 29.4. The molecule has 9 rings (SSSR count). The highest BCUT2D eigenvalue weighted by atomic mass is 31.2. The molecule has 0 amide bonds. The van der Waals surface area contributed by atoms with E-state index < -0.39 is 89.1 Å². The molecule has 24 nitrogen and oxygen atoms in total. The maximum absolute atomic E-state index is 13.6. The molecule has 3 fully saturated rings. The first-order valence-corrected chi connectivity index (χ1v) is 20.3. The van der Waals surface area contributed by atoms with Crippen LogP contribution < -0.4 is 22.6 Å². The quantitative estimate of drug-likeness (QED) is 0.111. The lowest BCUT2D eigenvalue weighted by molar-refractivity contribution is -0.0659. The SMILES string of the molecule is Nc1nc2c(nc(-c3ccccc3)n2[C@@H]2O[C@@H]3COP(=O)(O)OC4[C@@H](COP(=O)(O)O[C@@H]3C2O)O[C@@H](n2c(-c3ccccc3)nc3c(=O)[nH]c(N)nc32)[C@H]4O)c(=O)[nH]1. The number of phosphoric ester groups is 2. The first-order chi connectivity index (χ1) is 27.7. The number of hydrogen-bond donors (Lipinski definition) is 8. The highest BCUT2D eigenvalue weighted by Gasteiger charge is 2.54. The van der Waals surface area contributed by atoms with Crippen LogP contribution in [0, 0.1) is 0 Å². The molecule has 58 heavy (non-hydrogen) atoms. The van der Waals surface area contributed by atoms with Gasteiger partial charge in [-0.3, -0.25) is 46.8 Å². The Morgan fingerprint density at radius 2 is 1.02 bits per heavy atom. The van der Waals surface area contributed by atoms with Gasteiger partial charge in [0.15, 0.2) is 34.8 Å². The summed E-state index contributed by atoms with van der Waals surface area (Å²) in [5.41, 5.74) is 10.5. The van der Waals surface area contributed by atoms with Crippen LogP contribution in [0.25, 0.3) is 45.1 Å². The molecule has 3 aliphatic rings. The minimum Gasteiger partial charge on any atom is -0.386 e. The molecule has 4 aromatic heterocycles. The number of rotatable bonds is 4. The monoisotopic (exact) mass is 842 g/mol. The molecule has 304 valence electrons. The molecule has 4 unspecified atom stereocenters. The number of aromatic amines is 2. The summed E-state index contributed by atoms with van der Waals surface area (Å²) in [5, 5.41) is 23.4. The number of ether oxygens (including phenoxy) is 2. The van der Waals surface area contributed by atoms with E-state index in [2.05, 4.69) is 29.9 Å². The smallest absolute Gasteiger partial charge is 0.386 e. The number of hydrogen-bond acceptors (Lipinski definition) is 18. The number of nitrogens with zero attached hydrogens (tertiary/aromatic N) is 6. The van der Waals surface area contributed by atoms with Gasteiger partial charge in [0.05, 0.1) is 13.2 Å². The number of benzene rings is 2. The molecule has 7 heterocycles. The van der Waals surface area contributed by atoms with E-state index in [1.807, 2.05) is 0 Å². The summed E-state index contributed by atoms with van der Waals surface area (Å²) in [7, 11) is -10.5. The van der Waals surface area contributed by atoms with E-state index in [-0.39, 0.29) is 45.9 Å². The van der Waals surface area contributed by atoms with Gasteiger partial charge in [-0.1, -0.05) is 60.7 Å². The second-order valence-electron chi connectivity index (χ2n) is 13.4. The molecule has 0 saturated carbocycles. The number of nitrogens with two attached hydrogens (primary N) is 2. The Kier molecular flexibility index (Phi) is 9.43. The van der Waals surface area contributed by atoms with Gasteiger partial charge in [0.2, 0.25) is 11.9 Å². The predicted molar refractivity (Wildman–Crippen MR) is 197 cm³/mol. The number of nitrogen functional groups attached to an aromatic ring is 2. The second kappa shape index (κ2) is 14.3. The van der Waals surface area contributed by atoms with Crippen molar-refractivity contribution in [2.75, 3.05) is 24.7 Å². The van der Waals surface area contributed by atoms with Crippen LogP contribution in [0.3, 0.4) is 0 Å². The molecule has 10 N–H and O–H groups in total. The van der Waals surface area contributed by atoms with Crippen molar-refractivity contribution in [2.24, 2.45) is 0 Å². The van der Waals surface area contributed by atoms with Gasteiger partial charge in [-0.2, -0.15) is 9.97 Å². The summed E-state index contributed by atoms with van der Waals surface area (Å²) in [6.07, 6.45) is -13.7. The number of aromatic nitrogens is 8. The standard InChI is InChI=1S/C32H32N10O14P2/c33-31-37-25-17(27(45)39-31)35-23(13-7-3-1-4-8-13)41(25)29-19(43)21-15(53-29)11-51-58(49,50)56-22-16(12-52-57(47,48)55-21)54-30(20(22)44)42-24(14-9-5-2-6-10-14)36-18-26(42)38-32(34)40-28(18)46/h1-10,15-16,19-22,29-30,43-44H,11-12H2,(H,47,48)(H,49,50)(H3,33,37,39,45)(H3,34,38,40,46)/t15-,16-,19+,20?,21?,22+,29-,30-/m1/s1. The van der Waals surface area contributed by atoms with Gasteiger partial charge in [0, 0.05) is 11.1 Å². The maximum atomic E-state index is 13.6. The van der Waals surface area contributed by atoms with Crippen LogP contribution in [0.2, 0.25) is 0 Å². The third-order valence-corrected chi connectivity index (χ3v) is 11.6. The number of aliphatic hydroxyl groups is 2. The first-order valence-electron chi connectivity index (χ1n) is 17.3. The number of aliphatic hydroxyl groups excluding tert-OH is 2. The summed E-state index contributed by atoms with van der Waals surface area (Å²) >= 11 is 0. The van der Waals surface area contributed by atoms with Gasteiger partial charge >= 0.3 is 15.6 Å². The highest BCUT2D eigenvalue weighted by Crippen LogP contribution is 2.54. The van der Waals surface area contributed by atoms with Crippen molar-refractivity contribution in [1.82, 2.24) is 39.0 Å². The molecule has 6 aromatic rings. The Bertz CT molecular complexity index is 2580. The molecular weight excluding hydrogens is 810 g/mol. The molecule has 3 saturated heterocycles. The lowest BCUT2D eigenvalue weighted by Gasteiger charge is -2.27. The molecular formula is C32H32N10O14P2. The summed E-state index contributed by atoms with van der Waals surface area (Å²) < 4.78 is 63.3. The third-order valence-electron chi connectivity index (χ3n) is 9.64. The zero-order chi connectivity index (χ0) is 40.7. The Labute approximate surface area is 323 Å². The average Bonchev–Trinajstić information content (AvgIpc) is 3.91. The van der Waals surface area contributed by atoms with Gasteiger partial charge in [0.1, 0.15) is 48.3 Å². The molecule has 2 aromatic carbocycles. The number of imidazole rings is 2. The fourth-order valence-electron chi connectivity index (χ4n) is 7.16. The van der Waals surface area contributed by atoms with Crippen LogP contribution in [0.4, 0.5) is 11.9 Å². The molecule has 0 aliphatic carbocycles. The Morgan fingerprint density at radius 1 is 0.638 bits per heavy atom. The van der Waals surface area contributed by atoms with Gasteiger partial charge < -0.3 is 40.9 Å². The first kappa shape index (κ1) is 38.3. The summed E-state index contributed by atoms with van der Waals surface area (Å²) in [5.74, 6) is -0.462. The summed E-state index contributed by atoms with van der Waals surface area (Å²) in [6, 6.07) is 16.8. The molecule has 0 spiro atoms. The van der Waals surface area contributed by atoms with Gasteiger partial charge in [-0.15, -0.1) is 0 Å². The topological polar surface area (TPSA) is 350 Å². The van der Waals surface area contributed by atoms with Crippen molar-refractivity contribution in [3.8, 4) is 22.8 Å². The van der Waals surface area contributed by atoms with Gasteiger partial charge in [-0.25, -0.2) is 19.1 Å². The molecule has 0 bridgehead atoms. The van der Waals surface area contributed by atoms with E-state index in [1.54, 1.807) is 60.7 Å². The number of fused-ring (bicyclic) bond motifs is 4. The van der Waals surface area contributed by atoms with Crippen LogP contribution in [0.15, 0.2) is 70.3 Å². The van der Waals surface area contributed by atoms with E-state index >= 15 is 0 Å².